The predicted octanol–water partition coefficient (Wildman–Crippen LogP) is 1.88. The average molecular weight is 234 g/mol. The highest BCUT2D eigenvalue weighted by Crippen LogP contribution is 2.37. The Labute approximate surface area is 103 Å². The Morgan fingerprint density at radius 2 is 2.00 bits per heavy atom. The van der Waals surface area contributed by atoms with Crippen molar-refractivity contribution in [3.63, 3.8) is 0 Å². The molecule has 1 aliphatic carbocycles. The Kier molecular flexibility index (Phi) is 3.82. The molecule has 0 spiro atoms. The van der Waals surface area contributed by atoms with Crippen LogP contribution < -0.4 is 11.1 Å². The Morgan fingerprint density at radius 3 is 2.65 bits per heavy atom. The van der Waals surface area contributed by atoms with E-state index < -0.39 is 0 Å². The van der Waals surface area contributed by atoms with Crippen LogP contribution in [0.4, 0.5) is 0 Å². The molecule has 1 aromatic carbocycles. The third-order valence-electron chi connectivity index (χ3n) is 3.44. The minimum atomic E-state index is -0.261. The molecule has 3 heteroatoms. The van der Waals surface area contributed by atoms with Gasteiger partial charge < -0.3 is 16.2 Å². The van der Waals surface area contributed by atoms with Crippen molar-refractivity contribution in [3.8, 4) is 0 Å². The van der Waals surface area contributed by atoms with E-state index >= 15 is 0 Å². The van der Waals surface area contributed by atoms with Gasteiger partial charge >= 0.3 is 0 Å². The van der Waals surface area contributed by atoms with Gasteiger partial charge in [0, 0.05) is 18.1 Å². The summed E-state index contributed by atoms with van der Waals surface area (Å²) in [6, 6.07) is 9.14. The Hall–Kier alpha value is -0.900. The van der Waals surface area contributed by atoms with Gasteiger partial charge in [0.1, 0.15) is 0 Å². The van der Waals surface area contributed by atoms with Gasteiger partial charge in [0.25, 0.3) is 0 Å². The second-order valence-electron chi connectivity index (χ2n) is 5.18. The van der Waals surface area contributed by atoms with Crippen LogP contribution in [-0.2, 0) is 0 Å². The normalized spacial score (nSPS) is 26.6. The van der Waals surface area contributed by atoms with Crippen molar-refractivity contribution in [2.75, 3.05) is 0 Å². The van der Waals surface area contributed by atoms with Gasteiger partial charge in [0.2, 0.25) is 0 Å². The lowest BCUT2D eigenvalue weighted by atomic mass is 10.1. The summed E-state index contributed by atoms with van der Waals surface area (Å²) in [4.78, 5) is 0. The van der Waals surface area contributed by atoms with Gasteiger partial charge in [-0.2, -0.15) is 0 Å². The Morgan fingerprint density at radius 1 is 1.35 bits per heavy atom. The largest absolute Gasteiger partial charge is 0.393 e. The first-order valence-corrected chi connectivity index (χ1v) is 6.36. The monoisotopic (exact) mass is 234 g/mol. The topological polar surface area (TPSA) is 58.3 Å². The van der Waals surface area contributed by atoms with E-state index in [1.807, 2.05) is 13.0 Å². The minimum Gasteiger partial charge on any atom is -0.393 e. The van der Waals surface area contributed by atoms with Crippen molar-refractivity contribution in [2.45, 2.75) is 50.9 Å². The summed E-state index contributed by atoms with van der Waals surface area (Å²) in [5.74, 6) is 0. The number of aliphatic hydroxyl groups excluding tert-OH is 1. The molecule has 0 saturated carbocycles. The van der Waals surface area contributed by atoms with Crippen molar-refractivity contribution < 1.29 is 5.11 Å². The number of hydrogen-bond donors (Lipinski definition) is 3. The van der Waals surface area contributed by atoms with Gasteiger partial charge in [-0.3, -0.25) is 0 Å². The maximum Gasteiger partial charge on any atom is 0.0526 e. The molecule has 0 aromatic heterocycles. The van der Waals surface area contributed by atoms with Crippen molar-refractivity contribution >= 4 is 0 Å². The Balaban J connectivity index is 2.05. The number of nitrogens with two attached hydrogens (primary N) is 1. The smallest absolute Gasteiger partial charge is 0.0526 e. The van der Waals surface area contributed by atoms with Crippen LogP contribution >= 0.6 is 0 Å². The molecule has 1 aromatic rings. The van der Waals surface area contributed by atoms with E-state index in [0.717, 1.165) is 12.8 Å². The molecule has 4 unspecified atom stereocenters. The third kappa shape index (κ3) is 2.86. The summed E-state index contributed by atoms with van der Waals surface area (Å²) in [6.45, 7) is 3.94. The van der Waals surface area contributed by atoms with E-state index in [4.69, 9.17) is 5.73 Å². The van der Waals surface area contributed by atoms with Crippen LogP contribution in [0.3, 0.4) is 0 Å². The molecule has 17 heavy (non-hydrogen) atoms. The van der Waals surface area contributed by atoms with Gasteiger partial charge in [-0.05, 0) is 37.8 Å². The molecule has 2 rings (SSSR count). The molecule has 4 atom stereocenters. The molecule has 94 valence electrons. The van der Waals surface area contributed by atoms with Gasteiger partial charge in [0.05, 0.1) is 6.10 Å². The van der Waals surface area contributed by atoms with E-state index in [9.17, 15) is 5.11 Å². The van der Waals surface area contributed by atoms with E-state index in [2.05, 4.69) is 30.4 Å². The lowest BCUT2D eigenvalue weighted by Gasteiger charge is -2.21. The number of hydrogen-bond acceptors (Lipinski definition) is 3. The summed E-state index contributed by atoms with van der Waals surface area (Å²) in [5, 5.41) is 12.9. The Bertz CT molecular complexity index is 378. The number of aliphatic hydroxyl groups is 1. The predicted molar refractivity (Wildman–Crippen MR) is 69.6 cm³/mol. The molecule has 0 bridgehead atoms. The maximum atomic E-state index is 9.38. The zero-order valence-corrected chi connectivity index (χ0v) is 10.6. The van der Waals surface area contributed by atoms with Crippen LogP contribution in [-0.4, -0.2) is 17.3 Å². The summed E-state index contributed by atoms with van der Waals surface area (Å²) < 4.78 is 0. The zero-order chi connectivity index (χ0) is 12.4. The van der Waals surface area contributed by atoms with Gasteiger partial charge in [-0.15, -0.1) is 0 Å². The first-order valence-electron chi connectivity index (χ1n) is 6.36. The third-order valence-corrected chi connectivity index (χ3v) is 3.44. The van der Waals surface area contributed by atoms with E-state index in [1.54, 1.807) is 0 Å². The van der Waals surface area contributed by atoms with Crippen molar-refractivity contribution in [2.24, 2.45) is 5.73 Å². The van der Waals surface area contributed by atoms with Gasteiger partial charge in [-0.1, -0.05) is 24.3 Å². The second-order valence-corrected chi connectivity index (χ2v) is 5.18. The molecular formula is C14H22N2O. The summed E-state index contributed by atoms with van der Waals surface area (Å²) in [6.07, 6.45) is 1.46. The second kappa shape index (κ2) is 5.17. The van der Waals surface area contributed by atoms with E-state index in [1.165, 1.54) is 11.1 Å². The quantitative estimate of drug-likeness (QED) is 0.745. The van der Waals surface area contributed by atoms with Crippen LogP contribution in [0.2, 0.25) is 0 Å². The molecule has 0 amide bonds. The fourth-order valence-electron chi connectivity index (χ4n) is 2.75. The van der Waals surface area contributed by atoms with Crippen LogP contribution in [0.5, 0.6) is 0 Å². The molecule has 0 heterocycles. The zero-order valence-electron chi connectivity index (χ0n) is 10.6. The number of nitrogens with one attached hydrogen (secondary N) is 1. The van der Waals surface area contributed by atoms with Crippen LogP contribution in [0.25, 0.3) is 0 Å². The highest BCUT2D eigenvalue weighted by molar-refractivity contribution is 5.37. The fraction of sp³-hybridized carbons (Fsp3) is 0.571. The van der Waals surface area contributed by atoms with Crippen LogP contribution in [0, 0.1) is 0 Å². The first kappa shape index (κ1) is 12.6. The maximum absolute atomic E-state index is 9.38. The lowest BCUT2D eigenvalue weighted by Crippen LogP contribution is -2.32. The molecule has 0 fully saturated rings. The average Bonchev–Trinajstić information content (AvgIpc) is 2.55. The first-order chi connectivity index (χ1) is 8.08. The van der Waals surface area contributed by atoms with Crippen molar-refractivity contribution in [3.05, 3.63) is 35.4 Å². The van der Waals surface area contributed by atoms with Gasteiger partial charge in [0.15, 0.2) is 0 Å². The molecule has 0 aliphatic heterocycles. The highest BCUT2D eigenvalue weighted by Gasteiger charge is 2.28. The summed E-state index contributed by atoms with van der Waals surface area (Å²) >= 11 is 0. The molecule has 0 saturated heterocycles. The number of rotatable bonds is 4. The minimum absolute atomic E-state index is 0.141. The molecular weight excluding hydrogens is 212 g/mol. The molecule has 3 nitrogen and oxygen atoms in total. The van der Waals surface area contributed by atoms with Crippen LogP contribution in [0.15, 0.2) is 24.3 Å². The molecule has 0 radical (unpaired) electrons. The summed E-state index contributed by atoms with van der Waals surface area (Å²) in [7, 11) is 0. The summed E-state index contributed by atoms with van der Waals surface area (Å²) in [5.41, 5.74) is 8.70. The SMILES string of the molecule is CC(O)CC(C)NC1CC(N)c2ccccc21. The molecule has 4 N–H and O–H groups in total. The van der Waals surface area contributed by atoms with E-state index in [0.29, 0.717) is 12.1 Å². The number of fused-ring (bicyclic) bond motifs is 1. The number of benzene rings is 1. The van der Waals surface area contributed by atoms with Crippen molar-refractivity contribution in [1.29, 1.82) is 0 Å². The van der Waals surface area contributed by atoms with E-state index in [-0.39, 0.29) is 12.1 Å². The van der Waals surface area contributed by atoms with Crippen molar-refractivity contribution in [1.82, 2.24) is 5.32 Å². The molecule has 1 aliphatic rings. The van der Waals surface area contributed by atoms with Gasteiger partial charge in [-0.25, -0.2) is 0 Å². The standard InChI is InChI=1S/C14H22N2O/c1-9(7-10(2)17)16-14-8-13(15)11-5-3-4-6-12(11)14/h3-6,9-10,13-14,16-17H,7-8,15H2,1-2H3. The van der Waals surface area contributed by atoms with Crippen LogP contribution in [0.1, 0.15) is 49.9 Å². The lowest BCUT2D eigenvalue weighted by molar-refractivity contribution is 0.167. The highest BCUT2D eigenvalue weighted by atomic mass is 16.3. The fourth-order valence-corrected chi connectivity index (χ4v) is 2.75.